The van der Waals surface area contributed by atoms with Gasteiger partial charge in [0.2, 0.25) is 0 Å². The van der Waals surface area contributed by atoms with Crippen molar-refractivity contribution in [2.45, 2.75) is 13.8 Å². The number of amides is 1. The van der Waals surface area contributed by atoms with Crippen LogP contribution < -0.4 is 5.32 Å². The van der Waals surface area contributed by atoms with Crippen LogP contribution in [0.1, 0.15) is 12.6 Å². The van der Waals surface area contributed by atoms with E-state index in [4.69, 9.17) is 4.74 Å². The van der Waals surface area contributed by atoms with Gasteiger partial charge in [0.15, 0.2) is 0 Å². The first-order chi connectivity index (χ1) is 8.20. The highest BCUT2D eigenvalue weighted by molar-refractivity contribution is 5.98. The molecule has 0 saturated heterocycles. The third-order valence-electron chi connectivity index (χ3n) is 2.38. The van der Waals surface area contributed by atoms with E-state index in [-0.39, 0.29) is 0 Å². The van der Waals surface area contributed by atoms with E-state index in [0.29, 0.717) is 12.3 Å². The molecule has 1 aromatic heterocycles. The zero-order chi connectivity index (χ0) is 12.3. The molecule has 0 radical (unpaired) electrons. The zero-order valence-electron chi connectivity index (χ0n) is 9.86. The summed E-state index contributed by atoms with van der Waals surface area (Å²) in [6.07, 6.45) is -0.444. The van der Waals surface area contributed by atoms with Crippen LogP contribution in [0.4, 0.5) is 10.5 Å². The maximum Gasteiger partial charge on any atom is 0.411 e. The van der Waals surface area contributed by atoms with Gasteiger partial charge in [0, 0.05) is 11.1 Å². The van der Waals surface area contributed by atoms with Gasteiger partial charge in [0.25, 0.3) is 0 Å². The number of benzene rings is 1. The molecule has 0 aliphatic rings. The molecule has 0 unspecified atom stereocenters. The van der Waals surface area contributed by atoms with Crippen LogP contribution in [0.15, 0.2) is 30.3 Å². The number of carbonyl (C=O) groups is 1. The predicted molar refractivity (Wildman–Crippen MR) is 67.1 cm³/mol. The lowest BCUT2D eigenvalue weighted by Gasteiger charge is -2.08. The van der Waals surface area contributed by atoms with Crippen molar-refractivity contribution < 1.29 is 9.53 Å². The Balaban J connectivity index is 2.37. The Morgan fingerprint density at radius 2 is 2.18 bits per heavy atom. The van der Waals surface area contributed by atoms with Gasteiger partial charge in [-0.1, -0.05) is 6.07 Å². The van der Waals surface area contributed by atoms with Gasteiger partial charge in [0.1, 0.15) is 0 Å². The number of hydrogen-bond donors (Lipinski definition) is 1. The van der Waals surface area contributed by atoms with Crippen molar-refractivity contribution in [3.63, 3.8) is 0 Å². The number of rotatable bonds is 2. The molecule has 88 valence electrons. The number of pyridine rings is 1. The summed E-state index contributed by atoms with van der Waals surface area (Å²) in [7, 11) is 0. The summed E-state index contributed by atoms with van der Waals surface area (Å²) in [6, 6.07) is 9.46. The fourth-order valence-corrected chi connectivity index (χ4v) is 1.64. The van der Waals surface area contributed by atoms with Crippen molar-refractivity contribution in [1.29, 1.82) is 0 Å². The van der Waals surface area contributed by atoms with Crippen LogP contribution >= 0.6 is 0 Å². The molecule has 0 aliphatic carbocycles. The molecule has 0 aliphatic heterocycles. The molecule has 2 aromatic rings. The van der Waals surface area contributed by atoms with Crippen molar-refractivity contribution in [2.75, 3.05) is 11.9 Å². The molecule has 1 N–H and O–H groups in total. The highest BCUT2D eigenvalue weighted by atomic mass is 16.5. The van der Waals surface area contributed by atoms with E-state index in [2.05, 4.69) is 10.3 Å². The lowest BCUT2D eigenvalue weighted by Crippen LogP contribution is -2.13. The van der Waals surface area contributed by atoms with Crippen LogP contribution in [0, 0.1) is 6.92 Å². The van der Waals surface area contributed by atoms with Gasteiger partial charge in [-0.05, 0) is 38.1 Å². The monoisotopic (exact) mass is 230 g/mol. The molecule has 0 fully saturated rings. The maximum absolute atomic E-state index is 11.4. The zero-order valence-corrected chi connectivity index (χ0v) is 9.86. The van der Waals surface area contributed by atoms with E-state index >= 15 is 0 Å². The van der Waals surface area contributed by atoms with Crippen LogP contribution in [0.5, 0.6) is 0 Å². The molecule has 0 atom stereocenters. The predicted octanol–water partition coefficient (Wildman–Crippen LogP) is 3.11. The number of fused-ring (bicyclic) bond motifs is 1. The highest BCUT2D eigenvalue weighted by Gasteiger charge is 2.06. The van der Waals surface area contributed by atoms with Crippen LogP contribution in [0.3, 0.4) is 0 Å². The van der Waals surface area contributed by atoms with Gasteiger partial charge < -0.3 is 4.74 Å². The lowest BCUT2D eigenvalue weighted by atomic mass is 10.1. The first-order valence-corrected chi connectivity index (χ1v) is 5.51. The molecular weight excluding hydrogens is 216 g/mol. The van der Waals surface area contributed by atoms with E-state index in [1.165, 1.54) is 0 Å². The number of aryl methyl sites for hydroxylation is 1. The molecule has 17 heavy (non-hydrogen) atoms. The van der Waals surface area contributed by atoms with Gasteiger partial charge >= 0.3 is 6.09 Å². The molecule has 1 amide bonds. The Bertz CT molecular complexity index is 552. The molecule has 1 aromatic carbocycles. The van der Waals surface area contributed by atoms with Gasteiger partial charge in [-0.3, -0.25) is 10.3 Å². The summed E-state index contributed by atoms with van der Waals surface area (Å²) in [4.78, 5) is 15.8. The largest absolute Gasteiger partial charge is 0.450 e. The Hall–Kier alpha value is -2.10. The first-order valence-electron chi connectivity index (χ1n) is 5.51. The highest BCUT2D eigenvalue weighted by Crippen LogP contribution is 2.22. The SMILES string of the molecule is CCOC(=O)Nc1cccc2nc(C)ccc12. The lowest BCUT2D eigenvalue weighted by molar-refractivity contribution is 0.168. The fourth-order valence-electron chi connectivity index (χ4n) is 1.64. The Kier molecular flexibility index (Phi) is 3.23. The minimum absolute atomic E-state index is 0.355. The van der Waals surface area contributed by atoms with E-state index in [1.54, 1.807) is 6.92 Å². The summed E-state index contributed by atoms with van der Waals surface area (Å²) in [5.74, 6) is 0. The first kappa shape index (κ1) is 11.4. The number of aromatic nitrogens is 1. The van der Waals surface area contributed by atoms with E-state index in [9.17, 15) is 4.79 Å². The van der Waals surface area contributed by atoms with Gasteiger partial charge in [-0.25, -0.2) is 4.79 Å². The van der Waals surface area contributed by atoms with E-state index in [1.807, 2.05) is 37.3 Å². The number of nitrogens with one attached hydrogen (secondary N) is 1. The van der Waals surface area contributed by atoms with Gasteiger partial charge in [-0.2, -0.15) is 0 Å². The van der Waals surface area contributed by atoms with Crippen molar-refractivity contribution >= 4 is 22.7 Å². The van der Waals surface area contributed by atoms with Crippen molar-refractivity contribution in [2.24, 2.45) is 0 Å². The smallest absolute Gasteiger partial charge is 0.411 e. The summed E-state index contributed by atoms with van der Waals surface area (Å²) in [5, 5.41) is 3.61. The molecule has 0 bridgehead atoms. The molecule has 1 heterocycles. The standard InChI is InChI=1S/C13H14N2O2/c1-3-17-13(16)15-12-6-4-5-11-10(12)8-7-9(2)14-11/h4-8H,3H2,1-2H3,(H,15,16). The summed E-state index contributed by atoms with van der Waals surface area (Å²) >= 11 is 0. The Labute approximate surface area is 99.6 Å². The number of anilines is 1. The van der Waals surface area contributed by atoms with Gasteiger partial charge in [0.05, 0.1) is 17.8 Å². The quantitative estimate of drug-likeness (QED) is 0.862. The second kappa shape index (κ2) is 4.82. The Morgan fingerprint density at radius 1 is 1.35 bits per heavy atom. The van der Waals surface area contributed by atoms with Crippen molar-refractivity contribution in [3.8, 4) is 0 Å². The number of nitrogens with zero attached hydrogens (tertiary/aromatic N) is 1. The number of carbonyl (C=O) groups excluding carboxylic acids is 1. The second-order valence-electron chi connectivity index (χ2n) is 3.67. The second-order valence-corrected chi connectivity index (χ2v) is 3.67. The minimum atomic E-state index is -0.444. The molecular formula is C13H14N2O2. The Morgan fingerprint density at radius 3 is 2.94 bits per heavy atom. The van der Waals surface area contributed by atoms with Crippen molar-refractivity contribution in [1.82, 2.24) is 4.98 Å². The van der Waals surface area contributed by atoms with Crippen molar-refractivity contribution in [3.05, 3.63) is 36.0 Å². The van der Waals surface area contributed by atoms with Crippen LogP contribution in [-0.2, 0) is 4.74 Å². The third kappa shape index (κ3) is 2.53. The van der Waals surface area contributed by atoms with Crippen LogP contribution in [0.2, 0.25) is 0 Å². The average molecular weight is 230 g/mol. The molecule has 2 rings (SSSR count). The fraction of sp³-hybridized carbons (Fsp3) is 0.231. The topological polar surface area (TPSA) is 51.2 Å². The molecule has 4 heteroatoms. The molecule has 0 saturated carbocycles. The summed E-state index contributed by atoms with van der Waals surface area (Å²) < 4.78 is 4.85. The maximum atomic E-state index is 11.4. The summed E-state index contributed by atoms with van der Waals surface area (Å²) in [6.45, 7) is 4.06. The minimum Gasteiger partial charge on any atom is -0.450 e. The van der Waals surface area contributed by atoms with E-state index < -0.39 is 6.09 Å². The number of ether oxygens (including phenoxy) is 1. The third-order valence-corrected chi connectivity index (χ3v) is 2.38. The molecule has 4 nitrogen and oxygen atoms in total. The normalized spacial score (nSPS) is 10.2. The van der Waals surface area contributed by atoms with Gasteiger partial charge in [-0.15, -0.1) is 0 Å². The van der Waals surface area contributed by atoms with Crippen LogP contribution in [-0.4, -0.2) is 17.7 Å². The average Bonchev–Trinajstić information content (AvgIpc) is 2.29. The van der Waals surface area contributed by atoms with E-state index in [0.717, 1.165) is 16.6 Å². The van der Waals surface area contributed by atoms with Crippen LogP contribution in [0.25, 0.3) is 10.9 Å². The molecule has 0 spiro atoms. The summed E-state index contributed by atoms with van der Waals surface area (Å²) in [5.41, 5.74) is 2.53. The number of hydrogen-bond acceptors (Lipinski definition) is 3.